The molecule has 152 valence electrons. The van der Waals surface area contributed by atoms with Crippen molar-refractivity contribution in [2.75, 3.05) is 19.0 Å². The number of carbonyl (C=O) groups is 1. The Bertz CT molecular complexity index is 1170. The van der Waals surface area contributed by atoms with E-state index < -0.39 is 0 Å². The number of methoxy groups -OCH3 is 1. The maximum absolute atomic E-state index is 13.3. The molecular weight excluding hydrogens is 385 g/mol. The first-order valence-corrected chi connectivity index (χ1v) is 9.41. The highest BCUT2D eigenvalue weighted by Gasteiger charge is 2.14. The van der Waals surface area contributed by atoms with Gasteiger partial charge in [-0.2, -0.15) is 0 Å². The molecule has 2 amide bonds. The van der Waals surface area contributed by atoms with Crippen LogP contribution in [0.2, 0.25) is 0 Å². The van der Waals surface area contributed by atoms with Gasteiger partial charge in [-0.05, 0) is 48.5 Å². The lowest BCUT2D eigenvalue weighted by Gasteiger charge is -2.12. The van der Waals surface area contributed by atoms with Gasteiger partial charge < -0.3 is 19.9 Å². The average molecular weight is 405 g/mol. The van der Waals surface area contributed by atoms with Gasteiger partial charge in [-0.1, -0.05) is 12.1 Å². The minimum Gasteiger partial charge on any atom is -0.495 e. The lowest BCUT2D eigenvalue weighted by atomic mass is 10.2. The molecule has 2 aromatic heterocycles. The van der Waals surface area contributed by atoms with E-state index in [1.54, 1.807) is 37.6 Å². The molecule has 0 fully saturated rings. The molecule has 4 aromatic rings. The number of fused-ring (bicyclic) bond motifs is 1. The third kappa shape index (κ3) is 4.07. The van der Waals surface area contributed by atoms with Crippen molar-refractivity contribution >= 4 is 22.9 Å². The zero-order valence-electron chi connectivity index (χ0n) is 16.3. The van der Waals surface area contributed by atoms with Crippen molar-refractivity contribution in [2.45, 2.75) is 6.54 Å². The monoisotopic (exact) mass is 405 g/mol. The molecule has 0 aliphatic carbocycles. The molecule has 0 saturated carbocycles. The smallest absolute Gasteiger partial charge is 0.319 e. The van der Waals surface area contributed by atoms with Gasteiger partial charge in [-0.25, -0.2) is 19.2 Å². The highest BCUT2D eigenvalue weighted by molar-refractivity contribution is 5.90. The SMILES string of the molecule is COc1ccccc1NC(=O)NCCn1c(-c2ccc(F)cc2)nc2cccnc21. The Labute approximate surface area is 172 Å². The Balaban J connectivity index is 1.50. The summed E-state index contributed by atoms with van der Waals surface area (Å²) >= 11 is 0. The molecule has 0 bridgehead atoms. The Hall–Kier alpha value is -3.94. The standard InChI is InChI=1S/C22H20FN5O2/c1-30-19-7-3-2-5-17(19)27-22(29)25-13-14-28-20(15-8-10-16(23)11-9-15)26-18-6-4-12-24-21(18)28/h2-12H,13-14H2,1H3,(H2,25,27,29). The van der Waals surface area contributed by atoms with Crippen molar-refractivity contribution in [3.63, 3.8) is 0 Å². The van der Waals surface area contributed by atoms with Crippen molar-refractivity contribution in [2.24, 2.45) is 0 Å². The minimum atomic E-state index is -0.347. The number of imidazole rings is 1. The maximum Gasteiger partial charge on any atom is 0.319 e. The number of hydrogen-bond donors (Lipinski definition) is 2. The van der Waals surface area contributed by atoms with Crippen LogP contribution in [0.1, 0.15) is 0 Å². The summed E-state index contributed by atoms with van der Waals surface area (Å²) in [5.41, 5.74) is 2.78. The topological polar surface area (TPSA) is 81.1 Å². The number of carbonyl (C=O) groups excluding carboxylic acids is 1. The molecule has 7 nitrogen and oxygen atoms in total. The molecular formula is C22H20FN5O2. The first-order valence-electron chi connectivity index (χ1n) is 9.41. The maximum atomic E-state index is 13.3. The van der Waals surface area contributed by atoms with Crippen LogP contribution in [0.3, 0.4) is 0 Å². The summed E-state index contributed by atoms with van der Waals surface area (Å²) in [4.78, 5) is 21.4. The lowest BCUT2D eigenvalue weighted by Crippen LogP contribution is -2.31. The largest absolute Gasteiger partial charge is 0.495 e. The van der Waals surface area contributed by atoms with Crippen molar-refractivity contribution in [1.29, 1.82) is 0 Å². The van der Waals surface area contributed by atoms with Gasteiger partial charge in [-0.15, -0.1) is 0 Å². The number of para-hydroxylation sites is 2. The molecule has 8 heteroatoms. The number of aromatic nitrogens is 3. The lowest BCUT2D eigenvalue weighted by molar-refractivity contribution is 0.251. The second kappa shape index (κ2) is 8.60. The molecule has 0 unspecified atom stereocenters. The molecule has 0 saturated heterocycles. The number of halogens is 1. The van der Waals surface area contributed by atoms with Crippen LogP contribution in [0.15, 0.2) is 66.9 Å². The average Bonchev–Trinajstić information content (AvgIpc) is 3.13. The van der Waals surface area contributed by atoms with Crippen molar-refractivity contribution in [3.05, 3.63) is 72.7 Å². The Morgan fingerprint density at radius 2 is 1.90 bits per heavy atom. The molecule has 2 aromatic carbocycles. The third-order valence-corrected chi connectivity index (χ3v) is 4.58. The molecule has 4 rings (SSSR count). The second-order valence-corrected chi connectivity index (χ2v) is 6.52. The van der Waals surface area contributed by atoms with Crippen molar-refractivity contribution in [3.8, 4) is 17.1 Å². The number of pyridine rings is 1. The zero-order valence-corrected chi connectivity index (χ0v) is 16.3. The number of nitrogens with zero attached hydrogens (tertiary/aromatic N) is 3. The number of urea groups is 1. The van der Waals surface area contributed by atoms with Crippen LogP contribution in [0.4, 0.5) is 14.9 Å². The summed E-state index contributed by atoms with van der Waals surface area (Å²) in [5, 5.41) is 5.61. The number of benzene rings is 2. The predicted octanol–water partition coefficient (Wildman–Crippen LogP) is 4.07. The summed E-state index contributed by atoms with van der Waals surface area (Å²) in [6.45, 7) is 0.788. The Morgan fingerprint density at radius 1 is 1.10 bits per heavy atom. The van der Waals surface area contributed by atoms with Crippen molar-refractivity contribution < 1.29 is 13.9 Å². The van der Waals surface area contributed by atoms with Crippen LogP contribution in [-0.2, 0) is 6.54 Å². The van der Waals surface area contributed by atoms with Crippen LogP contribution in [0, 0.1) is 5.82 Å². The molecule has 0 atom stereocenters. The normalized spacial score (nSPS) is 10.7. The van der Waals surface area contributed by atoms with Gasteiger partial charge in [-0.3, -0.25) is 0 Å². The molecule has 0 radical (unpaired) electrons. The number of ether oxygens (including phenoxy) is 1. The first-order chi connectivity index (χ1) is 14.7. The van der Waals surface area contributed by atoms with Gasteiger partial charge in [0.2, 0.25) is 0 Å². The van der Waals surface area contributed by atoms with Gasteiger partial charge in [0.15, 0.2) is 5.65 Å². The van der Waals surface area contributed by atoms with E-state index in [9.17, 15) is 9.18 Å². The highest BCUT2D eigenvalue weighted by Crippen LogP contribution is 2.24. The Morgan fingerprint density at radius 3 is 2.70 bits per heavy atom. The van der Waals surface area contributed by atoms with Crippen LogP contribution < -0.4 is 15.4 Å². The van der Waals surface area contributed by atoms with E-state index in [-0.39, 0.29) is 11.8 Å². The number of anilines is 1. The number of nitrogens with one attached hydrogen (secondary N) is 2. The molecule has 0 aliphatic heterocycles. The van der Waals surface area contributed by atoms with Gasteiger partial charge in [0.05, 0.1) is 12.8 Å². The molecule has 2 N–H and O–H groups in total. The van der Waals surface area contributed by atoms with E-state index in [1.807, 2.05) is 28.8 Å². The quantitative estimate of drug-likeness (QED) is 0.507. The van der Waals surface area contributed by atoms with E-state index >= 15 is 0 Å². The predicted molar refractivity (Wildman–Crippen MR) is 113 cm³/mol. The van der Waals surface area contributed by atoms with E-state index in [0.29, 0.717) is 36.0 Å². The molecule has 0 spiro atoms. The third-order valence-electron chi connectivity index (χ3n) is 4.58. The van der Waals surface area contributed by atoms with Crippen LogP contribution >= 0.6 is 0 Å². The number of rotatable bonds is 6. The van der Waals surface area contributed by atoms with E-state index in [4.69, 9.17) is 4.74 Å². The summed E-state index contributed by atoms with van der Waals surface area (Å²) in [5.74, 6) is 0.931. The van der Waals surface area contributed by atoms with Crippen LogP contribution in [0.25, 0.3) is 22.6 Å². The van der Waals surface area contributed by atoms with Crippen LogP contribution in [0.5, 0.6) is 5.75 Å². The van der Waals surface area contributed by atoms with E-state index in [1.165, 1.54) is 12.1 Å². The molecule has 30 heavy (non-hydrogen) atoms. The van der Waals surface area contributed by atoms with Gasteiger partial charge in [0.1, 0.15) is 22.9 Å². The first kappa shape index (κ1) is 19.4. The number of hydrogen-bond acceptors (Lipinski definition) is 4. The highest BCUT2D eigenvalue weighted by atomic mass is 19.1. The van der Waals surface area contributed by atoms with E-state index in [0.717, 1.165) is 11.1 Å². The Kier molecular flexibility index (Phi) is 5.56. The fourth-order valence-corrected chi connectivity index (χ4v) is 3.19. The summed E-state index contributed by atoms with van der Waals surface area (Å²) in [6.07, 6.45) is 1.69. The van der Waals surface area contributed by atoms with Gasteiger partial charge in [0, 0.05) is 24.8 Å². The molecule has 0 aliphatic rings. The number of amides is 2. The summed E-state index contributed by atoms with van der Waals surface area (Å²) in [7, 11) is 1.55. The fraction of sp³-hybridized carbons (Fsp3) is 0.136. The second-order valence-electron chi connectivity index (χ2n) is 6.52. The van der Waals surface area contributed by atoms with Gasteiger partial charge in [0.25, 0.3) is 0 Å². The van der Waals surface area contributed by atoms with Gasteiger partial charge >= 0.3 is 6.03 Å². The molecule has 2 heterocycles. The summed E-state index contributed by atoms with van der Waals surface area (Å²) in [6, 6.07) is 16.7. The van der Waals surface area contributed by atoms with Crippen LogP contribution in [-0.4, -0.2) is 34.2 Å². The minimum absolute atomic E-state index is 0.311. The zero-order chi connectivity index (χ0) is 20.9. The summed E-state index contributed by atoms with van der Waals surface area (Å²) < 4.78 is 20.5. The van der Waals surface area contributed by atoms with E-state index in [2.05, 4.69) is 20.6 Å². The van der Waals surface area contributed by atoms with Crippen molar-refractivity contribution in [1.82, 2.24) is 19.9 Å². The fourth-order valence-electron chi connectivity index (χ4n) is 3.19.